The fourth-order valence-corrected chi connectivity index (χ4v) is 2.17. The van der Waals surface area contributed by atoms with Gasteiger partial charge in [0, 0.05) is 4.47 Å². The van der Waals surface area contributed by atoms with Crippen molar-refractivity contribution in [3.63, 3.8) is 0 Å². The first kappa shape index (κ1) is 11.8. The molecule has 6 heteroatoms. The minimum Gasteiger partial charge on any atom is -0.468 e. The van der Waals surface area contributed by atoms with Gasteiger partial charge in [-0.25, -0.2) is 0 Å². The Hall–Kier alpha value is -1.69. The lowest BCUT2D eigenvalue weighted by Crippen LogP contribution is -2.35. The van der Waals surface area contributed by atoms with Gasteiger partial charge in [-0.1, -0.05) is 6.07 Å². The summed E-state index contributed by atoms with van der Waals surface area (Å²) in [6.07, 6.45) is 0. The van der Waals surface area contributed by atoms with E-state index in [-0.39, 0.29) is 6.54 Å². The van der Waals surface area contributed by atoms with Crippen LogP contribution in [0.4, 0.5) is 0 Å². The normalized spacial score (nSPS) is 13.9. The summed E-state index contributed by atoms with van der Waals surface area (Å²) in [5.41, 5.74) is 0.592. The highest BCUT2D eigenvalue weighted by Crippen LogP contribution is 2.29. The molecule has 0 unspecified atom stereocenters. The maximum atomic E-state index is 11.9. The van der Waals surface area contributed by atoms with Crippen LogP contribution in [0.2, 0.25) is 0 Å². The number of nitrogens with zero attached hydrogens (tertiary/aromatic N) is 1. The third-order valence-electron chi connectivity index (χ3n) is 2.46. The molecule has 0 saturated heterocycles. The van der Waals surface area contributed by atoms with E-state index in [0.717, 1.165) is 4.90 Å². The van der Waals surface area contributed by atoms with Crippen molar-refractivity contribution >= 4 is 33.7 Å². The minimum atomic E-state index is -0.629. The van der Waals surface area contributed by atoms with E-state index in [0.29, 0.717) is 15.6 Å². The summed E-state index contributed by atoms with van der Waals surface area (Å²) in [5, 5.41) is 0. The second kappa shape index (κ2) is 4.29. The summed E-state index contributed by atoms with van der Waals surface area (Å²) in [6.45, 7) is -0.366. The van der Waals surface area contributed by atoms with Crippen LogP contribution in [0.25, 0.3) is 0 Å². The zero-order valence-corrected chi connectivity index (χ0v) is 10.5. The number of imide groups is 1. The zero-order chi connectivity index (χ0) is 12.6. The highest BCUT2D eigenvalue weighted by molar-refractivity contribution is 9.10. The van der Waals surface area contributed by atoms with Crippen molar-refractivity contribution in [2.75, 3.05) is 13.7 Å². The Morgan fingerprint density at radius 2 is 2.06 bits per heavy atom. The topological polar surface area (TPSA) is 63.7 Å². The third-order valence-corrected chi connectivity index (χ3v) is 3.12. The lowest BCUT2D eigenvalue weighted by atomic mass is 10.1. The number of carbonyl (C=O) groups excluding carboxylic acids is 3. The second-order valence-electron chi connectivity index (χ2n) is 3.43. The number of methoxy groups -OCH3 is 1. The molecular formula is C11H8BrNO4. The van der Waals surface area contributed by atoms with Gasteiger partial charge in [-0.3, -0.25) is 19.3 Å². The average Bonchev–Trinajstić information content (AvgIpc) is 2.55. The first-order valence-electron chi connectivity index (χ1n) is 4.77. The van der Waals surface area contributed by atoms with Gasteiger partial charge in [-0.15, -0.1) is 0 Å². The molecule has 2 rings (SSSR count). The van der Waals surface area contributed by atoms with Gasteiger partial charge in [-0.2, -0.15) is 0 Å². The molecule has 88 valence electrons. The number of halogens is 1. The van der Waals surface area contributed by atoms with Gasteiger partial charge in [0.1, 0.15) is 6.54 Å². The quantitative estimate of drug-likeness (QED) is 0.608. The Labute approximate surface area is 105 Å². The van der Waals surface area contributed by atoms with Crippen LogP contribution in [0.5, 0.6) is 0 Å². The summed E-state index contributed by atoms with van der Waals surface area (Å²) in [5.74, 6) is -1.59. The van der Waals surface area contributed by atoms with Gasteiger partial charge >= 0.3 is 5.97 Å². The summed E-state index contributed by atoms with van der Waals surface area (Å²) >= 11 is 3.21. The first-order valence-corrected chi connectivity index (χ1v) is 5.57. The average molecular weight is 298 g/mol. The standard InChI is InChI=1S/C11H8BrNO4/c1-17-8(14)5-13-10(15)6-3-2-4-7(12)9(6)11(13)16/h2-4H,5H2,1H3. The molecule has 1 aliphatic heterocycles. The van der Waals surface area contributed by atoms with Crippen molar-refractivity contribution in [1.82, 2.24) is 4.90 Å². The Morgan fingerprint density at radius 3 is 2.65 bits per heavy atom. The first-order chi connectivity index (χ1) is 8.06. The number of amides is 2. The van der Waals surface area contributed by atoms with E-state index >= 15 is 0 Å². The van der Waals surface area contributed by atoms with E-state index in [1.165, 1.54) is 7.11 Å². The number of benzene rings is 1. The van der Waals surface area contributed by atoms with Crippen LogP contribution < -0.4 is 0 Å². The molecule has 0 radical (unpaired) electrons. The van der Waals surface area contributed by atoms with Crippen molar-refractivity contribution in [1.29, 1.82) is 0 Å². The molecule has 0 N–H and O–H groups in total. The zero-order valence-electron chi connectivity index (χ0n) is 8.90. The van der Waals surface area contributed by atoms with Crippen molar-refractivity contribution < 1.29 is 19.1 Å². The predicted octanol–water partition coefficient (Wildman–Crippen LogP) is 1.22. The maximum Gasteiger partial charge on any atom is 0.325 e. The Morgan fingerprint density at radius 1 is 1.35 bits per heavy atom. The summed E-state index contributed by atoms with van der Waals surface area (Å²) in [4.78, 5) is 35.8. The van der Waals surface area contributed by atoms with Gasteiger partial charge in [0.2, 0.25) is 0 Å². The highest BCUT2D eigenvalue weighted by atomic mass is 79.9. The van der Waals surface area contributed by atoms with Crippen molar-refractivity contribution in [3.8, 4) is 0 Å². The summed E-state index contributed by atoms with van der Waals surface area (Å²) in [6, 6.07) is 4.89. The molecule has 0 spiro atoms. The molecule has 0 atom stereocenters. The Kier molecular flexibility index (Phi) is 2.97. The van der Waals surface area contributed by atoms with E-state index in [9.17, 15) is 14.4 Å². The number of hydrogen-bond donors (Lipinski definition) is 0. The Balaban J connectivity index is 2.39. The van der Waals surface area contributed by atoms with Crippen LogP contribution in [-0.4, -0.2) is 36.3 Å². The number of hydrogen-bond acceptors (Lipinski definition) is 4. The number of ether oxygens (including phenoxy) is 1. The predicted molar refractivity (Wildman–Crippen MR) is 61.5 cm³/mol. The highest BCUT2D eigenvalue weighted by Gasteiger charge is 2.38. The number of rotatable bonds is 2. The molecule has 0 bridgehead atoms. The van der Waals surface area contributed by atoms with Crippen LogP contribution >= 0.6 is 15.9 Å². The summed E-state index contributed by atoms with van der Waals surface area (Å²) in [7, 11) is 1.20. The van der Waals surface area contributed by atoms with E-state index in [2.05, 4.69) is 20.7 Å². The molecule has 2 amide bonds. The Bertz CT molecular complexity index is 526. The smallest absolute Gasteiger partial charge is 0.325 e. The van der Waals surface area contributed by atoms with Gasteiger partial charge in [0.25, 0.3) is 11.8 Å². The summed E-state index contributed by atoms with van der Waals surface area (Å²) < 4.78 is 4.98. The van der Waals surface area contributed by atoms with E-state index in [1.54, 1.807) is 18.2 Å². The van der Waals surface area contributed by atoms with Crippen LogP contribution in [0.3, 0.4) is 0 Å². The van der Waals surface area contributed by atoms with Gasteiger partial charge in [0.15, 0.2) is 0 Å². The van der Waals surface area contributed by atoms with Crippen LogP contribution in [0.15, 0.2) is 22.7 Å². The fourth-order valence-electron chi connectivity index (χ4n) is 1.63. The van der Waals surface area contributed by atoms with Gasteiger partial charge in [-0.05, 0) is 28.1 Å². The van der Waals surface area contributed by atoms with Crippen LogP contribution in [0.1, 0.15) is 20.7 Å². The molecule has 0 aromatic heterocycles. The SMILES string of the molecule is COC(=O)CN1C(=O)c2cccc(Br)c2C1=O. The van der Waals surface area contributed by atoms with Crippen LogP contribution in [0, 0.1) is 0 Å². The van der Waals surface area contributed by atoms with Crippen molar-refractivity contribution in [2.45, 2.75) is 0 Å². The molecule has 5 nitrogen and oxygen atoms in total. The van der Waals surface area contributed by atoms with Gasteiger partial charge in [0.05, 0.1) is 18.2 Å². The van der Waals surface area contributed by atoms with Crippen LogP contribution in [-0.2, 0) is 9.53 Å². The largest absolute Gasteiger partial charge is 0.468 e. The van der Waals surface area contributed by atoms with Gasteiger partial charge < -0.3 is 4.74 Å². The molecule has 1 aromatic rings. The molecule has 17 heavy (non-hydrogen) atoms. The fraction of sp³-hybridized carbons (Fsp3) is 0.182. The van der Waals surface area contributed by atoms with E-state index in [4.69, 9.17) is 0 Å². The monoisotopic (exact) mass is 297 g/mol. The molecule has 1 heterocycles. The molecule has 1 aliphatic rings. The molecular weight excluding hydrogens is 290 g/mol. The minimum absolute atomic E-state index is 0.293. The maximum absolute atomic E-state index is 11.9. The van der Waals surface area contributed by atoms with Crippen molar-refractivity contribution in [2.24, 2.45) is 0 Å². The number of carbonyl (C=O) groups is 3. The van der Waals surface area contributed by atoms with Crippen molar-refractivity contribution in [3.05, 3.63) is 33.8 Å². The van der Waals surface area contributed by atoms with E-state index in [1.807, 2.05) is 0 Å². The molecule has 1 aromatic carbocycles. The lowest BCUT2D eigenvalue weighted by molar-refractivity contribution is -0.140. The lowest BCUT2D eigenvalue weighted by Gasteiger charge is -2.11. The molecule has 0 aliphatic carbocycles. The number of esters is 1. The second-order valence-corrected chi connectivity index (χ2v) is 4.29. The third kappa shape index (κ3) is 1.84. The molecule has 0 saturated carbocycles. The van der Waals surface area contributed by atoms with E-state index < -0.39 is 17.8 Å². The number of fused-ring (bicyclic) bond motifs is 1. The molecule has 0 fully saturated rings.